The number of nitrogens with one attached hydrogen (secondary N) is 1. The van der Waals surface area contributed by atoms with Crippen LogP contribution in [0.5, 0.6) is 0 Å². The van der Waals surface area contributed by atoms with Crippen molar-refractivity contribution in [3.8, 4) is 0 Å². The lowest BCUT2D eigenvalue weighted by atomic mass is 10.1. The number of esters is 2. The zero-order valence-corrected chi connectivity index (χ0v) is 29.5. The van der Waals surface area contributed by atoms with Crippen LogP contribution in [0.25, 0.3) is 0 Å². The topological polar surface area (TPSA) is 93.9 Å². The number of ether oxygens (including phenoxy) is 2. The maximum Gasteiger partial charge on any atom is 0.307 e. The molecule has 3 N–H and O–H groups in total. The zero-order chi connectivity index (χ0) is 32.2. The molecule has 0 aromatic rings. The van der Waals surface area contributed by atoms with Gasteiger partial charge < -0.3 is 25.4 Å². The van der Waals surface area contributed by atoms with Gasteiger partial charge in [0.15, 0.2) is 0 Å². The third-order valence-corrected chi connectivity index (χ3v) is 8.44. The molecule has 0 aliphatic heterocycles. The smallest absolute Gasteiger partial charge is 0.307 e. The van der Waals surface area contributed by atoms with Crippen LogP contribution in [-0.2, 0) is 19.1 Å². The Hall–Kier alpha value is -1.18. The molecule has 0 heterocycles. The maximum absolute atomic E-state index is 12.2. The number of hydrogen-bond donors (Lipinski definition) is 2. The van der Waals surface area contributed by atoms with Crippen molar-refractivity contribution in [2.75, 3.05) is 52.5 Å². The number of nitrogens with zero attached hydrogens (tertiary/aromatic N) is 1. The lowest BCUT2D eigenvalue weighted by Gasteiger charge is -2.21. The van der Waals surface area contributed by atoms with Crippen molar-refractivity contribution >= 4 is 11.9 Å². The lowest BCUT2D eigenvalue weighted by molar-refractivity contribution is -0.145. The number of unbranched alkanes of at least 4 members (excludes halogenated alkanes) is 20. The molecule has 7 nitrogen and oxygen atoms in total. The third-order valence-electron chi connectivity index (χ3n) is 8.44. The van der Waals surface area contributed by atoms with Gasteiger partial charge in [-0.25, -0.2) is 0 Å². The molecular weight excluding hydrogens is 550 g/mol. The highest BCUT2D eigenvalue weighted by Gasteiger charge is 2.09. The average Bonchev–Trinajstić information content (AvgIpc) is 3.02. The molecular formula is C37H75N3O4. The Labute approximate surface area is 273 Å². The van der Waals surface area contributed by atoms with Crippen LogP contribution < -0.4 is 11.1 Å². The Morgan fingerprint density at radius 3 is 1.41 bits per heavy atom. The van der Waals surface area contributed by atoms with Crippen molar-refractivity contribution in [2.24, 2.45) is 5.73 Å². The molecule has 262 valence electrons. The van der Waals surface area contributed by atoms with Crippen molar-refractivity contribution in [3.05, 3.63) is 0 Å². The van der Waals surface area contributed by atoms with Crippen LogP contribution in [-0.4, -0.2) is 69.3 Å². The van der Waals surface area contributed by atoms with E-state index < -0.39 is 0 Å². The Kier molecular flexibility index (Phi) is 35.3. The number of carbonyl (C=O) groups is 2. The SMILES string of the molecule is CCCCCCCCCCCCOC(=O)CCCCCNCCN(CCN)CCC(=O)OCCCCCCCCCCCC. The zero-order valence-electron chi connectivity index (χ0n) is 29.5. The summed E-state index contributed by atoms with van der Waals surface area (Å²) in [6, 6.07) is 0. The molecule has 0 amide bonds. The summed E-state index contributed by atoms with van der Waals surface area (Å²) in [4.78, 5) is 26.4. The standard InChI is InChI=1S/C37H75N3O4/c1-3-5-7-9-11-13-15-17-19-24-34-43-36(41)26-22-21-23-29-39-30-33-40(32-28-38)31-27-37(42)44-35-25-20-18-16-14-12-10-8-6-4-2/h39H,3-35,38H2,1-2H3. The first-order valence-corrected chi connectivity index (χ1v) is 19.1. The Morgan fingerprint density at radius 1 is 0.500 bits per heavy atom. The lowest BCUT2D eigenvalue weighted by Crippen LogP contribution is -2.37. The van der Waals surface area contributed by atoms with Gasteiger partial charge in [0, 0.05) is 39.1 Å². The first-order valence-electron chi connectivity index (χ1n) is 19.1. The van der Waals surface area contributed by atoms with Gasteiger partial charge in [0.1, 0.15) is 0 Å². The Morgan fingerprint density at radius 2 is 0.932 bits per heavy atom. The molecule has 0 saturated carbocycles. The van der Waals surface area contributed by atoms with Gasteiger partial charge in [0.2, 0.25) is 0 Å². The molecule has 0 radical (unpaired) electrons. The normalized spacial score (nSPS) is 11.4. The fraction of sp³-hybridized carbons (Fsp3) is 0.946. The van der Waals surface area contributed by atoms with Crippen LogP contribution in [0, 0.1) is 0 Å². The minimum absolute atomic E-state index is 0.0478. The van der Waals surface area contributed by atoms with Crippen molar-refractivity contribution in [2.45, 2.75) is 174 Å². The predicted molar refractivity (Wildman–Crippen MR) is 187 cm³/mol. The van der Waals surface area contributed by atoms with Crippen molar-refractivity contribution < 1.29 is 19.1 Å². The molecule has 0 bridgehead atoms. The molecule has 7 heteroatoms. The van der Waals surface area contributed by atoms with E-state index in [2.05, 4.69) is 24.1 Å². The van der Waals surface area contributed by atoms with Gasteiger partial charge >= 0.3 is 11.9 Å². The van der Waals surface area contributed by atoms with Crippen LogP contribution in [0.1, 0.15) is 174 Å². The van der Waals surface area contributed by atoms with Crippen LogP contribution in [0.2, 0.25) is 0 Å². The molecule has 0 aliphatic rings. The highest BCUT2D eigenvalue weighted by atomic mass is 16.5. The molecule has 44 heavy (non-hydrogen) atoms. The van der Waals surface area contributed by atoms with E-state index in [0.29, 0.717) is 39.1 Å². The first kappa shape index (κ1) is 42.8. The minimum Gasteiger partial charge on any atom is -0.466 e. The summed E-state index contributed by atoms with van der Waals surface area (Å²) in [7, 11) is 0. The van der Waals surface area contributed by atoms with Gasteiger partial charge in [-0.2, -0.15) is 0 Å². The quantitative estimate of drug-likeness (QED) is 0.0531. The van der Waals surface area contributed by atoms with Gasteiger partial charge in [-0.05, 0) is 32.2 Å². The summed E-state index contributed by atoms with van der Waals surface area (Å²) in [6.45, 7) is 10.4. The molecule has 0 rings (SSSR count). The number of rotatable bonds is 36. The molecule has 0 aromatic heterocycles. The molecule has 0 aliphatic carbocycles. The van der Waals surface area contributed by atoms with E-state index in [0.717, 1.165) is 64.7 Å². The fourth-order valence-corrected chi connectivity index (χ4v) is 5.52. The summed E-state index contributed by atoms with van der Waals surface area (Å²) in [5.41, 5.74) is 5.79. The maximum atomic E-state index is 12.2. The second-order valence-electron chi connectivity index (χ2n) is 12.7. The van der Waals surface area contributed by atoms with Gasteiger partial charge in [0.25, 0.3) is 0 Å². The van der Waals surface area contributed by atoms with Crippen LogP contribution in [0.3, 0.4) is 0 Å². The van der Waals surface area contributed by atoms with E-state index in [9.17, 15) is 9.59 Å². The highest BCUT2D eigenvalue weighted by molar-refractivity contribution is 5.69. The Bertz CT molecular complexity index is 605. The molecule has 0 atom stereocenters. The average molecular weight is 626 g/mol. The van der Waals surface area contributed by atoms with Crippen molar-refractivity contribution in [1.82, 2.24) is 10.2 Å². The monoisotopic (exact) mass is 626 g/mol. The summed E-state index contributed by atoms with van der Waals surface area (Å²) < 4.78 is 10.9. The molecule has 0 unspecified atom stereocenters. The number of nitrogens with two attached hydrogens (primary N) is 1. The number of hydrogen-bond acceptors (Lipinski definition) is 7. The van der Waals surface area contributed by atoms with Crippen LogP contribution in [0.15, 0.2) is 0 Å². The van der Waals surface area contributed by atoms with Crippen LogP contribution >= 0.6 is 0 Å². The van der Waals surface area contributed by atoms with Gasteiger partial charge in [-0.1, -0.05) is 136 Å². The van der Waals surface area contributed by atoms with Crippen molar-refractivity contribution in [3.63, 3.8) is 0 Å². The Balaban J connectivity index is 3.55. The van der Waals surface area contributed by atoms with Gasteiger partial charge in [0.05, 0.1) is 19.6 Å². The summed E-state index contributed by atoms with van der Waals surface area (Å²) in [5.74, 6) is -0.147. The van der Waals surface area contributed by atoms with E-state index in [1.807, 2.05) is 0 Å². The summed E-state index contributed by atoms with van der Waals surface area (Å²) in [5, 5.41) is 3.49. The van der Waals surface area contributed by atoms with Crippen LogP contribution in [0.4, 0.5) is 0 Å². The van der Waals surface area contributed by atoms with E-state index in [1.54, 1.807) is 0 Å². The van der Waals surface area contributed by atoms with E-state index in [4.69, 9.17) is 15.2 Å². The van der Waals surface area contributed by atoms with Crippen molar-refractivity contribution in [1.29, 1.82) is 0 Å². The fourth-order valence-electron chi connectivity index (χ4n) is 5.52. The predicted octanol–water partition coefficient (Wildman–Crippen LogP) is 8.72. The minimum atomic E-state index is -0.0991. The third kappa shape index (κ3) is 33.7. The highest BCUT2D eigenvalue weighted by Crippen LogP contribution is 2.12. The van der Waals surface area contributed by atoms with E-state index >= 15 is 0 Å². The van der Waals surface area contributed by atoms with Gasteiger partial charge in [-0.3, -0.25) is 9.59 Å². The molecule has 0 aromatic carbocycles. The molecule has 0 spiro atoms. The van der Waals surface area contributed by atoms with E-state index in [1.165, 1.54) is 109 Å². The summed E-state index contributed by atoms with van der Waals surface area (Å²) >= 11 is 0. The van der Waals surface area contributed by atoms with E-state index in [-0.39, 0.29) is 11.9 Å². The van der Waals surface area contributed by atoms with Gasteiger partial charge in [-0.15, -0.1) is 0 Å². The first-order chi connectivity index (χ1) is 21.6. The second kappa shape index (κ2) is 36.3. The largest absolute Gasteiger partial charge is 0.466 e. The summed E-state index contributed by atoms with van der Waals surface area (Å²) in [6.07, 6.45) is 29.6. The second-order valence-corrected chi connectivity index (χ2v) is 12.7. The molecule has 0 saturated heterocycles. The number of carbonyl (C=O) groups excluding carboxylic acids is 2. The molecule has 0 fully saturated rings.